The molecule has 0 spiro atoms. The number of aliphatic hydroxyl groups excluding tert-OH is 1. The van der Waals surface area contributed by atoms with Gasteiger partial charge in [0.1, 0.15) is 6.10 Å². The molecule has 1 atom stereocenters. The summed E-state index contributed by atoms with van der Waals surface area (Å²) in [6.45, 7) is 3.65. The first-order valence-corrected chi connectivity index (χ1v) is 6.28. The summed E-state index contributed by atoms with van der Waals surface area (Å²) in [7, 11) is 0. The molecule has 106 valence electrons. The highest BCUT2D eigenvalue weighted by molar-refractivity contribution is 6.31. The molecular formula is C15H12ClF3O. The number of benzene rings is 2. The molecule has 0 bridgehead atoms. The van der Waals surface area contributed by atoms with Gasteiger partial charge in [-0.25, -0.2) is 13.2 Å². The van der Waals surface area contributed by atoms with Crippen LogP contribution in [0.3, 0.4) is 0 Å². The molecule has 0 aliphatic carbocycles. The van der Waals surface area contributed by atoms with Gasteiger partial charge >= 0.3 is 0 Å². The first-order chi connectivity index (χ1) is 9.32. The first kappa shape index (κ1) is 14.9. The van der Waals surface area contributed by atoms with Crippen LogP contribution < -0.4 is 0 Å². The Morgan fingerprint density at radius 2 is 1.55 bits per heavy atom. The average molecular weight is 301 g/mol. The lowest BCUT2D eigenvalue weighted by Crippen LogP contribution is -2.07. The zero-order valence-corrected chi connectivity index (χ0v) is 11.6. The van der Waals surface area contributed by atoms with E-state index in [4.69, 9.17) is 11.6 Å². The fourth-order valence-electron chi connectivity index (χ4n) is 1.93. The van der Waals surface area contributed by atoms with Crippen molar-refractivity contribution in [2.45, 2.75) is 20.0 Å². The monoisotopic (exact) mass is 300 g/mol. The number of hydrogen-bond donors (Lipinski definition) is 1. The Morgan fingerprint density at radius 3 is 2.20 bits per heavy atom. The Balaban J connectivity index is 2.55. The summed E-state index contributed by atoms with van der Waals surface area (Å²) in [6.07, 6.45) is -1.46. The van der Waals surface area contributed by atoms with Gasteiger partial charge in [0.15, 0.2) is 17.5 Å². The Labute approximate surface area is 119 Å². The molecular weight excluding hydrogens is 289 g/mol. The maximum Gasteiger partial charge on any atom is 0.194 e. The van der Waals surface area contributed by atoms with Crippen LogP contribution in [0.1, 0.15) is 28.4 Å². The normalized spacial score (nSPS) is 12.6. The van der Waals surface area contributed by atoms with Crippen LogP contribution in [0.5, 0.6) is 0 Å². The molecule has 0 aliphatic heterocycles. The summed E-state index contributed by atoms with van der Waals surface area (Å²) in [5, 5.41) is 10.4. The summed E-state index contributed by atoms with van der Waals surface area (Å²) in [4.78, 5) is 0. The van der Waals surface area contributed by atoms with Crippen molar-refractivity contribution in [2.24, 2.45) is 0 Å². The van der Waals surface area contributed by atoms with E-state index in [1.807, 2.05) is 13.8 Å². The third-order valence-corrected chi connectivity index (χ3v) is 3.59. The first-order valence-electron chi connectivity index (χ1n) is 5.91. The SMILES string of the molecule is Cc1cc(Cl)c(C(O)c2ccc(F)c(F)c2F)cc1C. The maximum atomic E-state index is 13.7. The quantitative estimate of drug-likeness (QED) is 0.812. The molecule has 0 radical (unpaired) electrons. The Bertz CT molecular complexity index is 669. The molecule has 0 heterocycles. The molecule has 1 unspecified atom stereocenters. The van der Waals surface area contributed by atoms with Crippen molar-refractivity contribution in [3.8, 4) is 0 Å². The van der Waals surface area contributed by atoms with Gasteiger partial charge in [0.2, 0.25) is 0 Å². The fraction of sp³-hybridized carbons (Fsp3) is 0.200. The number of halogens is 4. The molecule has 0 fully saturated rings. The molecule has 1 N–H and O–H groups in total. The van der Waals surface area contributed by atoms with Crippen LogP contribution in [0.4, 0.5) is 13.2 Å². The van der Waals surface area contributed by atoms with Gasteiger partial charge in [-0.1, -0.05) is 23.7 Å². The van der Waals surface area contributed by atoms with Gasteiger partial charge in [-0.15, -0.1) is 0 Å². The Hall–Kier alpha value is -1.52. The van der Waals surface area contributed by atoms with E-state index in [0.717, 1.165) is 23.3 Å². The molecule has 0 aliphatic rings. The maximum absolute atomic E-state index is 13.7. The van der Waals surface area contributed by atoms with Crippen LogP contribution in [0.25, 0.3) is 0 Å². The lowest BCUT2D eigenvalue weighted by Gasteiger charge is -2.16. The van der Waals surface area contributed by atoms with Gasteiger partial charge in [-0.3, -0.25) is 0 Å². The molecule has 0 saturated carbocycles. The second kappa shape index (κ2) is 5.46. The predicted octanol–water partition coefficient (Wildman–Crippen LogP) is 4.46. The minimum absolute atomic E-state index is 0.240. The molecule has 0 aromatic heterocycles. The van der Waals surface area contributed by atoms with E-state index in [1.54, 1.807) is 12.1 Å². The molecule has 2 rings (SSSR count). The summed E-state index contributed by atoms with van der Waals surface area (Å²) in [6, 6.07) is 5.01. The van der Waals surface area contributed by atoms with Crippen molar-refractivity contribution >= 4 is 11.6 Å². The predicted molar refractivity (Wildman–Crippen MR) is 71.3 cm³/mol. The zero-order valence-electron chi connectivity index (χ0n) is 10.8. The van der Waals surface area contributed by atoms with E-state index in [2.05, 4.69) is 0 Å². The van der Waals surface area contributed by atoms with Crippen LogP contribution >= 0.6 is 11.6 Å². The smallest absolute Gasteiger partial charge is 0.194 e. The van der Waals surface area contributed by atoms with Gasteiger partial charge < -0.3 is 5.11 Å². The lowest BCUT2D eigenvalue weighted by molar-refractivity contribution is 0.212. The van der Waals surface area contributed by atoms with E-state index < -0.39 is 23.6 Å². The molecule has 2 aromatic carbocycles. The van der Waals surface area contributed by atoms with E-state index in [1.165, 1.54) is 0 Å². The van der Waals surface area contributed by atoms with E-state index in [-0.39, 0.29) is 16.1 Å². The Morgan fingerprint density at radius 1 is 0.950 bits per heavy atom. The second-order valence-electron chi connectivity index (χ2n) is 4.63. The van der Waals surface area contributed by atoms with E-state index in [0.29, 0.717) is 0 Å². The number of aryl methyl sites for hydroxylation is 2. The highest BCUT2D eigenvalue weighted by atomic mass is 35.5. The second-order valence-corrected chi connectivity index (χ2v) is 5.03. The molecule has 1 nitrogen and oxygen atoms in total. The Kier molecular flexibility index (Phi) is 4.06. The van der Waals surface area contributed by atoms with Gasteiger partial charge in [-0.05, 0) is 37.1 Å². The highest BCUT2D eigenvalue weighted by Crippen LogP contribution is 2.32. The molecule has 20 heavy (non-hydrogen) atoms. The minimum Gasteiger partial charge on any atom is -0.383 e. The van der Waals surface area contributed by atoms with Crippen LogP contribution in [0.15, 0.2) is 24.3 Å². The number of hydrogen-bond acceptors (Lipinski definition) is 1. The van der Waals surface area contributed by atoms with Crippen LogP contribution in [0, 0.1) is 31.3 Å². The van der Waals surface area contributed by atoms with Crippen molar-refractivity contribution in [3.05, 3.63) is 69.0 Å². The summed E-state index contributed by atoms with van der Waals surface area (Å²) in [5.74, 6) is -4.32. The fourth-order valence-corrected chi connectivity index (χ4v) is 2.25. The molecule has 0 amide bonds. The summed E-state index contributed by atoms with van der Waals surface area (Å²) < 4.78 is 39.8. The van der Waals surface area contributed by atoms with Gasteiger partial charge in [0, 0.05) is 16.1 Å². The van der Waals surface area contributed by atoms with Gasteiger partial charge in [-0.2, -0.15) is 0 Å². The van der Waals surface area contributed by atoms with Crippen LogP contribution in [0.2, 0.25) is 5.02 Å². The number of aliphatic hydroxyl groups is 1. The third kappa shape index (κ3) is 2.53. The van der Waals surface area contributed by atoms with Gasteiger partial charge in [0.05, 0.1) is 0 Å². The van der Waals surface area contributed by atoms with Crippen molar-refractivity contribution in [3.63, 3.8) is 0 Å². The molecule has 0 saturated heterocycles. The zero-order chi connectivity index (χ0) is 15.0. The highest BCUT2D eigenvalue weighted by Gasteiger charge is 2.22. The largest absolute Gasteiger partial charge is 0.383 e. The summed E-state index contributed by atoms with van der Waals surface area (Å²) >= 11 is 6.02. The minimum atomic E-state index is -1.61. The summed E-state index contributed by atoms with van der Waals surface area (Å²) in [5.41, 5.74) is 1.66. The van der Waals surface area contributed by atoms with Crippen LogP contribution in [-0.2, 0) is 0 Å². The molecule has 2 aromatic rings. The topological polar surface area (TPSA) is 20.2 Å². The molecule has 5 heteroatoms. The van der Waals surface area contributed by atoms with Crippen molar-refractivity contribution in [2.75, 3.05) is 0 Å². The van der Waals surface area contributed by atoms with Crippen molar-refractivity contribution < 1.29 is 18.3 Å². The lowest BCUT2D eigenvalue weighted by atomic mass is 9.97. The van der Waals surface area contributed by atoms with E-state index >= 15 is 0 Å². The average Bonchev–Trinajstić information content (AvgIpc) is 2.40. The standard InChI is InChI=1S/C15H12ClF3O/c1-7-5-10(11(16)6-8(7)2)15(20)9-3-4-12(17)14(19)13(9)18/h3-6,15,20H,1-2H3. The van der Waals surface area contributed by atoms with Crippen molar-refractivity contribution in [1.82, 2.24) is 0 Å². The number of rotatable bonds is 2. The third-order valence-electron chi connectivity index (χ3n) is 3.27. The van der Waals surface area contributed by atoms with Crippen LogP contribution in [-0.4, -0.2) is 5.11 Å². The van der Waals surface area contributed by atoms with Gasteiger partial charge in [0.25, 0.3) is 0 Å². The van der Waals surface area contributed by atoms with E-state index in [9.17, 15) is 18.3 Å². The van der Waals surface area contributed by atoms with Crippen molar-refractivity contribution in [1.29, 1.82) is 0 Å².